The highest BCUT2D eigenvalue weighted by Gasteiger charge is 2.34. The molecule has 0 aromatic heterocycles. The van der Waals surface area contributed by atoms with Crippen LogP contribution in [0.4, 0.5) is 10.1 Å². The second-order valence-electron chi connectivity index (χ2n) is 5.83. The van der Waals surface area contributed by atoms with Crippen LogP contribution in [0.25, 0.3) is 0 Å². The normalized spacial score (nSPS) is 27.2. The summed E-state index contributed by atoms with van der Waals surface area (Å²) in [5.41, 5.74) is 1.95. The third-order valence-electron chi connectivity index (χ3n) is 4.74. The molecular formula is C16H21BrFN. The van der Waals surface area contributed by atoms with E-state index >= 15 is 0 Å². The minimum absolute atomic E-state index is 0.0526. The Hall–Kier alpha value is -0.570. The van der Waals surface area contributed by atoms with Gasteiger partial charge in [-0.15, -0.1) is 0 Å². The summed E-state index contributed by atoms with van der Waals surface area (Å²) in [4.78, 5) is 2.37. The maximum absolute atomic E-state index is 14.3. The fraction of sp³-hybridized carbons (Fsp3) is 0.625. The van der Waals surface area contributed by atoms with Gasteiger partial charge in [-0.3, -0.25) is 0 Å². The molecule has 2 fully saturated rings. The fourth-order valence-corrected chi connectivity index (χ4v) is 4.34. The van der Waals surface area contributed by atoms with Crippen molar-refractivity contribution in [1.82, 2.24) is 0 Å². The highest BCUT2D eigenvalue weighted by Crippen LogP contribution is 2.40. The third-order valence-corrected chi connectivity index (χ3v) is 5.35. The van der Waals surface area contributed by atoms with E-state index in [0.717, 1.165) is 29.0 Å². The molecule has 0 N–H and O–H groups in total. The summed E-state index contributed by atoms with van der Waals surface area (Å²) < 4.78 is 14.3. The van der Waals surface area contributed by atoms with Gasteiger partial charge >= 0.3 is 0 Å². The van der Waals surface area contributed by atoms with Gasteiger partial charge in [0.2, 0.25) is 0 Å². The highest BCUT2D eigenvalue weighted by atomic mass is 79.9. The van der Waals surface area contributed by atoms with Gasteiger partial charge in [0.05, 0.1) is 5.69 Å². The van der Waals surface area contributed by atoms with Crippen LogP contribution >= 0.6 is 15.9 Å². The Kier molecular flexibility index (Phi) is 4.11. The van der Waals surface area contributed by atoms with Gasteiger partial charge in [0.15, 0.2) is 0 Å². The maximum Gasteiger partial charge on any atom is 0.146 e. The van der Waals surface area contributed by atoms with E-state index in [4.69, 9.17) is 0 Å². The molecule has 2 aliphatic rings. The molecule has 2 atom stereocenters. The van der Waals surface area contributed by atoms with Crippen molar-refractivity contribution in [3.63, 3.8) is 0 Å². The van der Waals surface area contributed by atoms with E-state index in [1.54, 1.807) is 6.07 Å². The first-order chi connectivity index (χ1) is 9.31. The molecule has 0 bridgehead atoms. The Morgan fingerprint density at radius 1 is 1.16 bits per heavy atom. The summed E-state index contributed by atoms with van der Waals surface area (Å²) >= 11 is 3.50. The second kappa shape index (κ2) is 5.82. The van der Waals surface area contributed by atoms with Crippen molar-refractivity contribution >= 4 is 21.6 Å². The average molecular weight is 326 g/mol. The topological polar surface area (TPSA) is 3.24 Å². The summed E-state index contributed by atoms with van der Waals surface area (Å²) in [6, 6.07) is 6.03. The molecule has 1 aromatic rings. The van der Waals surface area contributed by atoms with Crippen LogP contribution in [-0.4, -0.2) is 12.6 Å². The Labute approximate surface area is 123 Å². The van der Waals surface area contributed by atoms with Crippen molar-refractivity contribution in [2.45, 2.75) is 49.9 Å². The molecule has 1 nitrogen and oxygen atoms in total. The summed E-state index contributed by atoms with van der Waals surface area (Å²) in [6.45, 7) is 1.02. The van der Waals surface area contributed by atoms with Crippen LogP contribution in [0, 0.1) is 11.7 Å². The first kappa shape index (κ1) is 13.4. The molecule has 1 saturated carbocycles. The monoisotopic (exact) mass is 325 g/mol. The Morgan fingerprint density at radius 3 is 2.79 bits per heavy atom. The van der Waals surface area contributed by atoms with Gasteiger partial charge < -0.3 is 4.90 Å². The van der Waals surface area contributed by atoms with E-state index in [-0.39, 0.29) is 5.82 Å². The molecule has 3 rings (SSSR count). The first-order valence-corrected chi connectivity index (χ1v) is 8.53. The molecule has 3 heteroatoms. The zero-order valence-corrected chi connectivity index (χ0v) is 12.8. The maximum atomic E-state index is 14.3. The number of fused-ring (bicyclic) bond motifs is 1. The van der Waals surface area contributed by atoms with E-state index in [9.17, 15) is 4.39 Å². The summed E-state index contributed by atoms with van der Waals surface area (Å²) in [7, 11) is 0. The number of hydrogen-bond acceptors (Lipinski definition) is 1. The molecule has 0 radical (unpaired) electrons. The van der Waals surface area contributed by atoms with Crippen LogP contribution in [-0.2, 0) is 5.33 Å². The molecule has 19 heavy (non-hydrogen) atoms. The van der Waals surface area contributed by atoms with Crippen LogP contribution in [0.2, 0.25) is 0 Å². The SMILES string of the molecule is Fc1cccc(CBr)c1N1CCC[C@H]2CCCC[C@H]21. The predicted octanol–water partition coefficient (Wildman–Crippen LogP) is 4.88. The quantitative estimate of drug-likeness (QED) is 0.700. The molecule has 1 aliphatic carbocycles. The summed E-state index contributed by atoms with van der Waals surface area (Å²) in [6.07, 6.45) is 7.77. The van der Waals surface area contributed by atoms with Gasteiger partial charge in [0.25, 0.3) is 0 Å². The standard InChI is InChI=1S/C16H21BrFN/c17-11-13-6-3-8-14(18)16(13)19-10-4-7-12-5-1-2-9-15(12)19/h3,6,8,12,15H,1-2,4-5,7,9-11H2/t12-,15-/m1/s1. The van der Waals surface area contributed by atoms with E-state index < -0.39 is 0 Å². The fourth-order valence-electron chi connectivity index (χ4n) is 3.89. The van der Waals surface area contributed by atoms with Crippen LogP contribution in [0.3, 0.4) is 0 Å². The third kappa shape index (κ3) is 2.54. The number of piperidine rings is 1. The highest BCUT2D eigenvalue weighted by molar-refractivity contribution is 9.08. The van der Waals surface area contributed by atoms with E-state index in [1.807, 2.05) is 12.1 Å². The van der Waals surface area contributed by atoms with E-state index in [2.05, 4.69) is 20.8 Å². The summed E-state index contributed by atoms with van der Waals surface area (Å²) in [5, 5.41) is 0.730. The van der Waals surface area contributed by atoms with Gasteiger partial charge in [-0.2, -0.15) is 0 Å². The Balaban J connectivity index is 1.96. The number of rotatable bonds is 2. The minimum atomic E-state index is -0.0526. The molecule has 0 amide bonds. The lowest BCUT2D eigenvalue weighted by atomic mass is 9.78. The van der Waals surface area contributed by atoms with Crippen LogP contribution in [0.15, 0.2) is 18.2 Å². The lowest BCUT2D eigenvalue weighted by Crippen LogP contribution is -2.47. The zero-order chi connectivity index (χ0) is 13.2. The number of nitrogens with zero attached hydrogens (tertiary/aromatic N) is 1. The first-order valence-electron chi connectivity index (χ1n) is 7.41. The van der Waals surface area contributed by atoms with Gasteiger partial charge in [-0.25, -0.2) is 4.39 Å². The summed E-state index contributed by atoms with van der Waals surface area (Å²) in [5.74, 6) is 0.730. The number of para-hydroxylation sites is 1. The Morgan fingerprint density at radius 2 is 1.95 bits per heavy atom. The second-order valence-corrected chi connectivity index (χ2v) is 6.39. The van der Waals surface area contributed by atoms with Crippen molar-refractivity contribution in [2.24, 2.45) is 5.92 Å². The van der Waals surface area contributed by atoms with Crippen LogP contribution in [0.5, 0.6) is 0 Å². The van der Waals surface area contributed by atoms with E-state index in [1.165, 1.54) is 38.5 Å². The molecule has 1 heterocycles. The largest absolute Gasteiger partial charge is 0.366 e. The van der Waals surface area contributed by atoms with Crippen molar-refractivity contribution in [2.75, 3.05) is 11.4 Å². The average Bonchev–Trinajstić information content (AvgIpc) is 2.46. The minimum Gasteiger partial charge on any atom is -0.366 e. The number of alkyl halides is 1. The molecule has 1 saturated heterocycles. The van der Waals surface area contributed by atoms with Crippen molar-refractivity contribution in [3.05, 3.63) is 29.6 Å². The van der Waals surface area contributed by atoms with Crippen molar-refractivity contribution in [3.8, 4) is 0 Å². The van der Waals surface area contributed by atoms with Gasteiger partial charge in [-0.05, 0) is 43.2 Å². The lowest BCUT2D eigenvalue weighted by Gasteiger charge is -2.46. The molecule has 1 aliphatic heterocycles. The smallest absolute Gasteiger partial charge is 0.146 e. The molecule has 104 valence electrons. The molecular weight excluding hydrogens is 305 g/mol. The van der Waals surface area contributed by atoms with Gasteiger partial charge in [0.1, 0.15) is 5.82 Å². The lowest BCUT2D eigenvalue weighted by molar-refractivity contribution is 0.242. The van der Waals surface area contributed by atoms with Crippen LogP contribution in [0.1, 0.15) is 44.1 Å². The van der Waals surface area contributed by atoms with Crippen molar-refractivity contribution in [1.29, 1.82) is 0 Å². The zero-order valence-electron chi connectivity index (χ0n) is 11.2. The van der Waals surface area contributed by atoms with Crippen molar-refractivity contribution < 1.29 is 4.39 Å². The van der Waals surface area contributed by atoms with Gasteiger partial charge in [-0.1, -0.05) is 40.9 Å². The Bertz CT molecular complexity index is 446. The van der Waals surface area contributed by atoms with E-state index in [0.29, 0.717) is 6.04 Å². The van der Waals surface area contributed by atoms with Crippen LogP contribution < -0.4 is 4.90 Å². The molecule has 1 aromatic carbocycles. The number of halogens is 2. The number of anilines is 1. The molecule has 0 spiro atoms. The molecule has 0 unspecified atom stereocenters. The predicted molar refractivity (Wildman–Crippen MR) is 81.4 cm³/mol. The van der Waals surface area contributed by atoms with Gasteiger partial charge in [0, 0.05) is 17.9 Å². The number of hydrogen-bond donors (Lipinski definition) is 0. The number of benzene rings is 1.